The van der Waals surface area contributed by atoms with Crippen LogP contribution in [0.25, 0.3) is 10.2 Å². The Bertz CT molecular complexity index is 1130. The Morgan fingerprint density at radius 3 is 2.40 bits per heavy atom. The molecule has 3 rings (SSSR count). The smallest absolute Gasteiger partial charge is 0.263 e. The topological polar surface area (TPSA) is 82.5 Å². The Morgan fingerprint density at radius 1 is 1.20 bits per heavy atom. The second-order valence-electron chi connectivity index (χ2n) is 7.06. The van der Waals surface area contributed by atoms with Crippen LogP contribution in [-0.2, 0) is 4.79 Å². The number of nitrogens with one attached hydrogen (secondary N) is 1. The summed E-state index contributed by atoms with van der Waals surface area (Å²) in [5.41, 5.74) is 1.49. The lowest BCUT2D eigenvalue weighted by Gasteiger charge is -2.15. The number of hydrogen-bond acceptors (Lipinski definition) is 7. The lowest BCUT2D eigenvalue weighted by Crippen LogP contribution is -2.25. The average molecular weight is 448 g/mol. The maximum Gasteiger partial charge on any atom is 0.263 e. The number of amides is 1. The van der Waals surface area contributed by atoms with E-state index in [1.165, 1.54) is 23.1 Å². The molecule has 30 heavy (non-hydrogen) atoms. The number of anilines is 1. The minimum absolute atomic E-state index is 0.0581. The normalized spacial score (nSPS) is 11.2. The van der Waals surface area contributed by atoms with E-state index >= 15 is 0 Å². The second kappa shape index (κ2) is 9.09. The summed E-state index contributed by atoms with van der Waals surface area (Å²) >= 11 is 2.76. The molecule has 0 aliphatic carbocycles. The van der Waals surface area contributed by atoms with Crippen LogP contribution in [0.4, 0.5) is 5.69 Å². The van der Waals surface area contributed by atoms with Gasteiger partial charge in [0.2, 0.25) is 5.91 Å². The summed E-state index contributed by atoms with van der Waals surface area (Å²) in [4.78, 5) is 32.1. The molecule has 7 nitrogen and oxygen atoms in total. The molecule has 2 aromatic heterocycles. The van der Waals surface area contributed by atoms with Gasteiger partial charge in [0, 0.05) is 34.8 Å². The van der Waals surface area contributed by atoms with Gasteiger partial charge < -0.3 is 14.8 Å². The van der Waals surface area contributed by atoms with E-state index in [2.05, 4.69) is 5.32 Å². The van der Waals surface area contributed by atoms with Gasteiger partial charge in [0.25, 0.3) is 5.56 Å². The molecule has 1 amide bonds. The van der Waals surface area contributed by atoms with Gasteiger partial charge in [-0.3, -0.25) is 14.2 Å². The van der Waals surface area contributed by atoms with E-state index in [1.807, 2.05) is 27.7 Å². The standard InChI is InChI=1S/C21H25N3O4S2/c1-11(2)24-20(26)18-12(3)13(4)30-19(18)23-21(24)29-10-17(25)22-14-7-15(27-5)9-16(8-14)28-6/h7-9,11H,10H2,1-6H3,(H,22,25). The number of carbonyl (C=O) groups is 1. The monoisotopic (exact) mass is 447 g/mol. The molecule has 0 bridgehead atoms. The summed E-state index contributed by atoms with van der Waals surface area (Å²) in [5, 5.41) is 4.06. The molecule has 0 aliphatic heterocycles. The van der Waals surface area contributed by atoms with Crippen molar-refractivity contribution in [2.75, 3.05) is 25.3 Å². The first kappa shape index (κ1) is 22.2. The predicted molar refractivity (Wildman–Crippen MR) is 123 cm³/mol. The van der Waals surface area contributed by atoms with Crippen molar-refractivity contribution in [1.29, 1.82) is 0 Å². The van der Waals surface area contributed by atoms with Crippen LogP contribution in [0.1, 0.15) is 30.3 Å². The van der Waals surface area contributed by atoms with Crippen LogP contribution in [0.2, 0.25) is 0 Å². The highest BCUT2D eigenvalue weighted by atomic mass is 32.2. The second-order valence-corrected chi connectivity index (χ2v) is 9.21. The number of aryl methyl sites for hydroxylation is 2. The van der Waals surface area contributed by atoms with E-state index in [9.17, 15) is 9.59 Å². The number of carbonyl (C=O) groups excluding carboxylic acids is 1. The number of nitrogens with zero attached hydrogens (tertiary/aromatic N) is 2. The van der Waals surface area contributed by atoms with Crippen LogP contribution >= 0.6 is 23.1 Å². The van der Waals surface area contributed by atoms with Crippen molar-refractivity contribution in [2.24, 2.45) is 0 Å². The Morgan fingerprint density at radius 2 is 1.83 bits per heavy atom. The van der Waals surface area contributed by atoms with Crippen molar-refractivity contribution in [3.63, 3.8) is 0 Å². The van der Waals surface area contributed by atoms with E-state index in [0.29, 0.717) is 32.6 Å². The fraction of sp³-hybridized carbons (Fsp3) is 0.381. The van der Waals surface area contributed by atoms with Gasteiger partial charge in [-0.25, -0.2) is 4.98 Å². The zero-order chi connectivity index (χ0) is 22.0. The third-order valence-corrected chi connectivity index (χ3v) is 6.74. The van der Waals surface area contributed by atoms with Crippen molar-refractivity contribution in [3.05, 3.63) is 39.0 Å². The quantitative estimate of drug-likeness (QED) is 0.427. The summed E-state index contributed by atoms with van der Waals surface area (Å²) in [5.74, 6) is 1.08. The molecule has 0 atom stereocenters. The number of rotatable bonds is 7. The maximum absolute atomic E-state index is 13.1. The third kappa shape index (κ3) is 4.46. The first-order chi connectivity index (χ1) is 14.2. The van der Waals surface area contributed by atoms with Crippen LogP contribution in [0.15, 0.2) is 28.2 Å². The lowest BCUT2D eigenvalue weighted by atomic mass is 10.2. The highest BCUT2D eigenvalue weighted by molar-refractivity contribution is 7.99. The summed E-state index contributed by atoms with van der Waals surface area (Å²) < 4.78 is 12.1. The van der Waals surface area contributed by atoms with Crippen molar-refractivity contribution >= 4 is 44.9 Å². The molecule has 2 heterocycles. The lowest BCUT2D eigenvalue weighted by molar-refractivity contribution is -0.113. The Hall–Kier alpha value is -2.52. The summed E-state index contributed by atoms with van der Waals surface area (Å²) in [6.07, 6.45) is 0. The van der Waals surface area contributed by atoms with Crippen LogP contribution < -0.4 is 20.3 Å². The van der Waals surface area contributed by atoms with Gasteiger partial charge in [-0.15, -0.1) is 11.3 Å². The molecule has 0 fully saturated rings. The van der Waals surface area contributed by atoms with Crippen molar-refractivity contribution in [1.82, 2.24) is 9.55 Å². The zero-order valence-corrected chi connectivity index (χ0v) is 19.5. The third-order valence-electron chi connectivity index (χ3n) is 4.69. The molecule has 0 saturated carbocycles. The van der Waals surface area contributed by atoms with Gasteiger partial charge in [-0.05, 0) is 33.3 Å². The Labute approximate surface area is 183 Å². The fourth-order valence-corrected chi connectivity index (χ4v) is 5.05. The average Bonchev–Trinajstić information content (AvgIpc) is 2.99. The Kier molecular flexibility index (Phi) is 6.72. The Balaban J connectivity index is 1.84. The van der Waals surface area contributed by atoms with Gasteiger partial charge in [-0.2, -0.15) is 0 Å². The molecule has 0 saturated heterocycles. The van der Waals surface area contributed by atoms with Gasteiger partial charge >= 0.3 is 0 Å². The van der Waals surface area contributed by atoms with E-state index in [4.69, 9.17) is 14.5 Å². The minimum atomic E-state index is -0.210. The molecule has 3 aromatic rings. The molecule has 0 radical (unpaired) electrons. The first-order valence-electron chi connectivity index (χ1n) is 9.43. The maximum atomic E-state index is 13.1. The van der Waals surface area contributed by atoms with Gasteiger partial charge in [0.1, 0.15) is 16.3 Å². The molecule has 160 valence electrons. The highest BCUT2D eigenvalue weighted by Crippen LogP contribution is 2.30. The van der Waals surface area contributed by atoms with E-state index in [-0.39, 0.29) is 23.3 Å². The number of benzene rings is 1. The number of ether oxygens (including phenoxy) is 2. The van der Waals surface area contributed by atoms with Crippen molar-refractivity contribution in [3.8, 4) is 11.5 Å². The molecule has 1 N–H and O–H groups in total. The van der Waals surface area contributed by atoms with E-state index in [1.54, 1.807) is 37.0 Å². The molecule has 1 aromatic carbocycles. The van der Waals surface area contributed by atoms with Crippen LogP contribution in [0, 0.1) is 13.8 Å². The number of aromatic nitrogens is 2. The summed E-state index contributed by atoms with van der Waals surface area (Å²) in [6.45, 7) is 7.82. The molecule has 9 heteroatoms. The largest absolute Gasteiger partial charge is 0.497 e. The highest BCUT2D eigenvalue weighted by Gasteiger charge is 2.19. The van der Waals surface area contributed by atoms with Gasteiger partial charge in [0.15, 0.2) is 5.16 Å². The summed E-state index contributed by atoms with van der Waals surface area (Å²) in [7, 11) is 3.11. The van der Waals surface area contributed by atoms with Crippen molar-refractivity contribution < 1.29 is 14.3 Å². The van der Waals surface area contributed by atoms with Crippen LogP contribution in [-0.4, -0.2) is 35.4 Å². The van der Waals surface area contributed by atoms with Gasteiger partial charge in [-0.1, -0.05) is 11.8 Å². The van der Waals surface area contributed by atoms with Crippen LogP contribution in [0.5, 0.6) is 11.5 Å². The predicted octanol–water partition coefficient (Wildman–Crippen LogP) is 4.40. The molecule has 0 unspecified atom stereocenters. The number of thioether (sulfide) groups is 1. The SMILES string of the molecule is COc1cc(NC(=O)CSc2nc3sc(C)c(C)c3c(=O)n2C(C)C)cc(OC)c1. The summed E-state index contributed by atoms with van der Waals surface area (Å²) in [6, 6.07) is 5.10. The zero-order valence-electron chi connectivity index (χ0n) is 17.9. The molecular formula is C21H25N3O4S2. The minimum Gasteiger partial charge on any atom is -0.497 e. The first-order valence-corrected chi connectivity index (χ1v) is 11.2. The molecular weight excluding hydrogens is 422 g/mol. The fourth-order valence-electron chi connectivity index (χ4n) is 3.05. The molecule has 0 aliphatic rings. The van der Waals surface area contributed by atoms with E-state index < -0.39 is 0 Å². The van der Waals surface area contributed by atoms with Crippen LogP contribution in [0.3, 0.4) is 0 Å². The van der Waals surface area contributed by atoms with Crippen molar-refractivity contribution in [2.45, 2.75) is 38.9 Å². The number of methoxy groups -OCH3 is 2. The number of fused-ring (bicyclic) bond motifs is 1. The van der Waals surface area contributed by atoms with Gasteiger partial charge in [0.05, 0.1) is 25.4 Å². The number of hydrogen-bond donors (Lipinski definition) is 1. The van der Waals surface area contributed by atoms with E-state index in [0.717, 1.165) is 10.4 Å². The number of thiophene rings is 1. The molecule has 0 spiro atoms.